The van der Waals surface area contributed by atoms with E-state index in [9.17, 15) is 9.59 Å². The average molecular weight is 383 g/mol. The van der Waals surface area contributed by atoms with Crippen molar-refractivity contribution in [1.29, 1.82) is 0 Å². The van der Waals surface area contributed by atoms with Crippen LogP contribution in [0.25, 0.3) is 0 Å². The van der Waals surface area contributed by atoms with Gasteiger partial charge in [-0.3, -0.25) is 14.6 Å². The highest BCUT2D eigenvalue weighted by atomic mass is 16.2. The molecule has 4 rings (SSSR count). The zero-order valence-corrected chi connectivity index (χ0v) is 16.1. The first kappa shape index (κ1) is 18.5. The fraction of sp³-hybridized carbons (Fsp3) is 0.579. The van der Waals surface area contributed by atoms with Crippen LogP contribution in [0, 0.1) is 5.41 Å². The predicted molar refractivity (Wildman–Crippen MR) is 99.7 cm³/mol. The van der Waals surface area contributed by atoms with Crippen LogP contribution in [0.3, 0.4) is 0 Å². The van der Waals surface area contributed by atoms with E-state index in [1.807, 2.05) is 28.9 Å². The molecule has 1 spiro atoms. The van der Waals surface area contributed by atoms with Crippen LogP contribution in [-0.2, 0) is 16.1 Å². The highest BCUT2D eigenvalue weighted by Gasteiger charge is 2.42. The maximum Gasteiger partial charge on any atom is 0.247 e. The lowest BCUT2D eigenvalue weighted by Crippen LogP contribution is -2.52. The van der Waals surface area contributed by atoms with Gasteiger partial charge in [-0.1, -0.05) is 0 Å². The lowest BCUT2D eigenvalue weighted by atomic mass is 9.72. The zero-order valence-electron chi connectivity index (χ0n) is 16.1. The maximum atomic E-state index is 12.8. The molecule has 2 aliphatic heterocycles. The van der Waals surface area contributed by atoms with E-state index >= 15 is 0 Å². The number of hydrogen-bond donors (Lipinski definition) is 0. The summed E-state index contributed by atoms with van der Waals surface area (Å²) < 4.78 is 1.49. The van der Waals surface area contributed by atoms with Crippen molar-refractivity contribution in [2.75, 3.05) is 19.6 Å². The molecule has 4 heterocycles. The van der Waals surface area contributed by atoms with Gasteiger partial charge in [0.05, 0.1) is 0 Å². The molecule has 9 nitrogen and oxygen atoms in total. The molecule has 2 fully saturated rings. The molecule has 0 aliphatic carbocycles. The third kappa shape index (κ3) is 3.74. The van der Waals surface area contributed by atoms with Crippen LogP contribution in [-0.4, -0.2) is 66.4 Å². The molecule has 0 N–H and O–H groups in total. The van der Waals surface area contributed by atoms with Gasteiger partial charge in [-0.25, -0.2) is 4.68 Å². The summed E-state index contributed by atoms with van der Waals surface area (Å²) in [5.74, 6) is 0.260. The van der Waals surface area contributed by atoms with E-state index in [-0.39, 0.29) is 17.2 Å². The van der Waals surface area contributed by atoms with Crippen molar-refractivity contribution in [3.8, 4) is 0 Å². The molecule has 2 aliphatic rings. The minimum absolute atomic E-state index is 0.0441. The Morgan fingerprint density at radius 1 is 1.21 bits per heavy atom. The normalized spacial score (nSPS) is 20.4. The Kier molecular flexibility index (Phi) is 5.06. The second-order valence-corrected chi connectivity index (χ2v) is 7.90. The number of nitrogens with zero attached hydrogens (tertiary/aromatic N) is 7. The van der Waals surface area contributed by atoms with Crippen LogP contribution in [0.15, 0.2) is 30.9 Å². The van der Waals surface area contributed by atoms with Gasteiger partial charge in [-0.2, -0.15) is 0 Å². The fourth-order valence-electron chi connectivity index (χ4n) is 4.29. The quantitative estimate of drug-likeness (QED) is 0.783. The minimum Gasteiger partial charge on any atom is -0.341 e. The van der Waals surface area contributed by atoms with Crippen molar-refractivity contribution < 1.29 is 9.59 Å². The molecule has 0 radical (unpaired) electrons. The second kappa shape index (κ2) is 7.65. The third-order valence-electron chi connectivity index (χ3n) is 6.13. The maximum absolute atomic E-state index is 12.8. The second-order valence-electron chi connectivity index (χ2n) is 7.90. The van der Waals surface area contributed by atoms with E-state index in [1.165, 1.54) is 11.0 Å². The number of likely N-dealkylation sites (tertiary alicyclic amines) is 2. The molecule has 2 aromatic heterocycles. The first-order valence-electron chi connectivity index (χ1n) is 9.74. The van der Waals surface area contributed by atoms with Gasteiger partial charge in [0.1, 0.15) is 12.4 Å². The monoisotopic (exact) mass is 383 g/mol. The number of tetrazole rings is 1. The van der Waals surface area contributed by atoms with Gasteiger partial charge in [0.25, 0.3) is 0 Å². The van der Waals surface area contributed by atoms with Crippen molar-refractivity contribution in [2.24, 2.45) is 5.41 Å². The number of aromatic nitrogens is 5. The lowest BCUT2D eigenvalue weighted by Gasteiger charge is -2.47. The fourth-order valence-corrected chi connectivity index (χ4v) is 4.29. The SMILES string of the molecule is C[C@@H](C(=O)N1CCC2(CCC(=O)N(Cc3ccncc3)C2)CC1)n1cnnn1. The summed E-state index contributed by atoms with van der Waals surface area (Å²) in [5.41, 5.74) is 1.21. The van der Waals surface area contributed by atoms with E-state index in [0.29, 0.717) is 26.1 Å². The smallest absolute Gasteiger partial charge is 0.247 e. The lowest BCUT2D eigenvalue weighted by molar-refractivity contribution is -0.144. The molecular formula is C19H25N7O2. The minimum atomic E-state index is -0.403. The molecule has 148 valence electrons. The number of amides is 2. The Bertz CT molecular complexity index is 816. The molecule has 0 unspecified atom stereocenters. The van der Waals surface area contributed by atoms with E-state index in [4.69, 9.17) is 0 Å². The van der Waals surface area contributed by atoms with Crippen molar-refractivity contribution in [3.05, 3.63) is 36.4 Å². The van der Waals surface area contributed by atoms with Crippen LogP contribution in [0.5, 0.6) is 0 Å². The summed E-state index contributed by atoms with van der Waals surface area (Å²) in [5, 5.41) is 11.1. The Morgan fingerprint density at radius 3 is 2.64 bits per heavy atom. The van der Waals surface area contributed by atoms with Gasteiger partial charge in [-0.05, 0) is 59.7 Å². The van der Waals surface area contributed by atoms with Crippen LogP contribution in [0.2, 0.25) is 0 Å². The summed E-state index contributed by atoms with van der Waals surface area (Å²) in [6, 6.07) is 3.51. The summed E-state index contributed by atoms with van der Waals surface area (Å²) >= 11 is 0. The Hall–Kier alpha value is -2.84. The molecule has 0 saturated carbocycles. The van der Waals surface area contributed by atoms with Crippen molar-refractivity contribution in [3.63, 3.8) is 0 Å². The van der Waals surface area contributed by atoms with Gasteiger partial charge in [-0.15, -0.1) is 5.10 Å². The van der Waals surface area contributed by atoms with Gasteiger partial charge < -0.3 is 9.80 Å². The van der Waals surface area contributed by atoms with Crippen molar-refractivity contribution in [1.82, 2.24) is 35.0 Å². The molecule has 2 amide bonds. The molecular weight excluding hydrogens is 358 g/mol. The van der Waals surface area contributed by atoms with E-state index in [0.717, 1.165) is 31.4 Å². The van der Waals surface area contributed by atoms with Crippen LogP contribution < -0.4 is 0 Å². The van der Waals surface area contributed by atoms with Gasteiger partial charge >= 0.3 is 0 Å². The molecule has 1 atom stereocenters. The molecule has 0 bridgehead atoms. The average Bonchev–Trinajstić information content (AvgIpc) is 3.26. The Balaban J connectivity index is 1.37. The van der Waals surface area contributed by atoms with Crippen LogP contribution in [0.4, 0.5) is 0 Å². The van der Waals surface area contributed by atoms with Gasteiger partial charge in [0.2, 0.25) is 11.8 Å². The summed E-state index contributed by atoms with van der Waals surface area (Å²) in [6.45, 7) is 4.63. The number of piperidine rings is 2. The topological polar surface area (TPSA) is 97.1 Å². The van der Waals surface area contributed by atoms with E-state index in [2.05, 4.69) is 20.5 Å². The zero-order chi connectivity index (χ0) is 19.6. The largest absolute Gasteiger partial charge is 0.341 e. The van der Waals surface area contributed by atoms with Gasteiger partial charge in [0.15, 0.2) is 0 Å². The number of carbonyl (C=O) groups excluding carboxylic acids is 2. The highest BCUT2D eigenvalue weighted by Crippen LogP contribution is 2.40. The molecule has 9 heteroatoms. The molecule has 2 saturated heterocycles. The molecule has 2 aromatic rings. The predicted octanol–water partition coefficient (Wildman–Crippen LogP) is 1.06. The number of carbonyl (C=O) groups is 2. The van der Waals surface area contributed by atoms with E-state index < -0.39 is 6.04 Å². The van der Waals surface area contributed by atoms with Crippen LogP contribution >= 0.6 is 0 Å². The Labute approximate surface area is 163 Å². The van der Waals surface area contributed by atoms with E-state index in [1.54, 1.807) is 12.4 Å². The standard InChI is InChI=1S/C19H25N7O2/c1-15(26-14-21-22-23-26)18(28)24-10-6-19(7-11-24)5-2-17(27)25(13-19)12-16-3-8-20-9-4-16/h3-4,8-9,14-15H,2,5-7,10-13H2,1H3/t15-/m0/s1. The number of rotatable bonds is 4. The molecule has 0 aromatic carbocycles. The number of hydrogen-bond acceptors (Lipinski definition) is 6. The van der Waals surface area contributed by atoms with Gasteiger partial charge in [0, 0.05) is 45.0 Å². The first-order chi connectivity index (χ1) is 13.6. The number of pyridine rings is 1. The van der Waals surface area contributed by atoms with Crippen molar-refractivity contribution in [2.45, 2.75) is 45.2 Å². The summed E-state index contributed by atoms with van der Waals surface area (Å²) in [6.07, 6.45) is 8.31. The first-order valence-corrected chi connectivity index (χ1v) is 9.74. The summed E-state index contributed by atoms with van der Waals surface area (Å²) in [4.78, 5) is 33.1. The third-order valence-corrected chi connectivity index (χ3v) is 6.13. The highest BCUT2D eigenvalue weighted by molar-refractivity contribution is 5.80. The molecule has 28 heavy (non-hydrogen) atoms. The van der Waals surface area contributed by atoms with Crippen LogP contribution in [0.1, 0.15) is 44.2 Å². The summed E-state index contributed by atoms with van der Waals surface area (Å²) in [7, 11) is 0. The Morgan fingerprint density at radius 2 is 1.96 bits per heavy atom. The van der Waals surface area contributed by atoms with Crippen molar-refractivity contribution >= 4 is 11.8 Å².